The van der Waals surface area contributed by atoms with Crippen molar-refractivity contribution in [3.63, 3.8) is 0 Å². The van der Waals surface area contributed by atoms with Crippen LogP contribution in [0.4, 0.5) is 0 Å². The molecule has 0 saturated carbocycles. The Morgan fingerprint density at radius 1 is 1.57 bits per heavy atom. The fourth-order valence-electron chi connectivity index (χ4n) is 1.79. The summed E-state index contributed by atoms with van der Waals surface area (Å²) >= 11 is 0. The van der Waals surface area contributed by atoms with Crippen molar-refractivity contribution < 1.29 is 8.42 Å². The van der Waals surface area contributed by atoms with Gasteiger partial charge in [-0.3, -0.25) is 4.57 Å². The lowest BCUT2D eigenvalue weighted by atomic mass is 10.1. The highest BCUT2D eigenvalue weighted by molar-refractivity contribution is 7.91. The van der Waals surface area contributed by atoms with Crippen LogP contribution in [0.3, 0.4) is 0 Å². The van der Waals surface area contributed by atoms with Gasteiger partial charge in [-0.1, -0.05) is 0 Å². The van der Waals surface area contributed by atoms with Gasteiger partial charge in [-0.2, -0.15) is 0 Å². The smallest absolute Gasteiger partial charge is 0.313 e. The number of rotatable bonds is 2. The molecule has 5 nitrogen and oxygen atoms in total. The maximum absolute atomic E-state index is 11.2. The number of sulfone groups is 1. The average molecular weight is 216 g/mol. The Balaban J connectivity index is 2.08. The molecule has 1 aromatic rings. The molecule has 2 heterocycles. The standard InChI is InChI=1S/C8H12N2O3S/c11-8-9-2-3-10(8)5-7-1-4-14(12,13)6-7/h2-3,7H,1,4-6H2,(H,9,11). The normalized spacial score (nSPS) is 25.3. The zero-order valence-electron chi connectivity index (χ0n) is 7.64. The Morgan fingerprint density at radius 3 is 2.86 bits per heavy atom. The van der Waals surface area contributed by atoms with Crippen molar-refractivity contribution in [1.29, 1.82) is 0 Å². The van der Waals surface area contributed by atoms with E-state index >= 15 is 0 Å². The van der Waals surface area contributed by atoms with Crippen LogP contribution in [-0.4, -0.2) is 29.5 Å². The van der Waals surface area contributed by atoms with E-state index < -0.39 is 9.84 Å². The van der Waals surface area contributed by atoms with E-state index in [1.807, 2.05) is 0 Å². The first kappa shape index (κ1) is 9.51. The van der Waals surface area contributed by atoms with Crippen LogP contribution in [0.15, 0.2) is 17.2 Å². The highest BCUT2D eigenvalue weighted by Gasteiger charge is 2.28. The van der Waals surface area contributed by atoms with Crippen LogP contribution in [0.25, 0.3) is 0 Å². The van der Waals surface area contributed by atoms with E-state index in [-0.39, 0.29) is 23.1 Å². The molecule has 1 unspecified atom stereocenters. The number of aromatic nitrogens is 2. The molecule has 6 heteroatoms. The quantitative estimate of drug-likeness (QED) is 0.732. The van der Waals surface area contributed by atoms with Crippen LogP contribution in [-0.2, 0) is 16.4 Å². The number of hydrogen-bond donors (Lipinski definition) is 1. The summed E-state index contributed by atoms with van der Waals surface area (Å²) in [7, 11) is -2.84. The van der Waals surface area contributed by atoms with E-state index in [0.717, 1.165) is 0 Å². The van der Waals surface area contributed by atoms with Gasteiger partial charge in [0.15, 0.2) is 9.84 Å². The topological polar surface area (TPSA) is 71.9 Å². The van der Waals surface area contributed by atoms with Crippen molar-refractivity contribution in [2.75, 3.05) is 11.5 Å². The summed E-state index contributed by atoms with van der Waals surface area (Å²) in [6, 6.07) is 0. The molecule has 78 valence electrons. The van der Waals surface area contributed by atoms with Crippen LogP contribution in [0, 0.1) is 5.92 Å². The van der Waals surface area contributed by atoms with Gasteiger partial charge in [-0.05, 0) is 12.3 Å². The molecule has 0 aliphatic carbocycles. The summed E-state index contributed by atoms with van der Waals surface area (Å²) in [5, 5.41) is 0. The van der Waals surface area contributed by atoms with Crippen LogP contribution in [0.2, 0.25) is 0 Å². The summed E-state index contributed by atoms with van der Waals surface area (Å²) < 4.78 is 23.8. The molecule has 0 radical (unpaired) electrons. The largest absolute Gasteiger partial charge is 0.325 e. The number of imidazole rings is 1. The predicted octanol–water partition coefficient (Wildman–Crippen LogP) is -0.389. The van der Waals surface area contributed by atoms with Crippen molar-refractivity contribution in [1.82, 2.24) is 9.55 Å². The molecule has 0 spiro atoms. The second kappa shape index (κ2) is 3.27. The summed E-state index contributed by atoms with van der Waals surface area (Å²) in [6.45, 7) is 0.502. The molecule has 0 bridgehead atoms. The first-order valence-corrected chi connectivity index (χ1v) is 6.33. The molecular formula is C8H12N2O3S. The third-order valence-electron chi connectivity index (χ3n) is 2.50. The van der Waals surface area contributed by atoms with Gasteiger partial charge < -0.3 is 4.98 Å². The number of hydrogen-bond acceptors (Lipinski definition) is 3. The molecule has 1 aliphatic rings. The van der Waals surface area contributed by atoms with Gasteiger partial charge >= 0.3 is 5.69 Å². The Hall–Kier alpha value is -1.04. The number of nitrogens with one attached hydrogen (secondary N) is 1. The van der Waals surface area contributed by atoms with Gasteiger partial charge in [-0.15, -0.1) is 0 Å². The minimum atomic E-state index is -2.84. The third-order valence-corrected chi connectivity index (χ3v) is 4.34. The molecule has 0 aromatic carbocycles. The summed E-state index contributed by atoms with van der Waals surface area (Å²) in [6.07, 6.45) is 3.87. The number of H-pyrrole nitrogens is 1. The highest BCUT2D eigenvalue weighted by atomic mass is 32.2. The maximum atomic E-state index is 11.2. The van der Waals surface area contributed by atoms with Crippen LogP contribution < -0.4 is 5.69 Å². The van der Waals surface area contributed by atoms with E-state index in [1.54, 1.807) is 12.4 Å². The molecule has 1 N–H and O–H groups in total. The van der Waals surface area contributed by atoms with Crippen molar-refractivity contribution in [3.05, 3.63) is 22.9 Å². The molecule has 2 rings (SSSR count). The third kappa shape index (κ3) is 1.89. The Bertz CT molecular complexity index is 471. The first-order chi connectivity index (χ1) is 6.57. The average Bonchev–Trinajstić information content (AvgIpc) is 2.61. The van der Waals surface area contributed by atoms with Crippen molar-refractivity contribution in [2.24, 2.45) is 5.92 Å². The molecule has 1 aromatic heterocycles. The van der Waals surface area contributed by atoms with E-state index in [1.165, 1.54) is 4.57 Å². The van der Waals surface area contributed by atoms with Gasteiger partial charge in [-0.25, -0.2) is 13.2 Å². The van der Waals surface area contributed by atoms with E-state index in [2.05, 4.69) is 4.98 Å². The zero-order valence-corrected chi connectivity index (χ0v) is 8.46. The van der Waals surface area contributed by atoms with Crippen molar-refractivity contribution in [3.8, 4) is 0 Å². The second-order valence-corrected chi connectivity index (χ2v) is 5.92. The molecular weight excluding hydrogens is 204 g/mol. The zero-order chi connectivity index (χ0) is 10.2. The highest BCUT2D eigenvalue weighted by Crippen LogP contribution is 2.19. The maximum Gasteiger partial charge on any atom is 0.325 e. The molecule has 1 fully saturated rings. The molecule has 1 atom stereocenters. The van der Waals surface area contributed by atoms with Crippen LogP contribution >= 0.6 is 0 Å². The number of aromatic amines is 1. The minimum Gasteiger partial charge on any atom is -0.313 e. The van der Waals surface area contributed by atoms with E-state index in [4.69, 9.17) is 0 Å². The fourth-order valence-corrected chi connectivity index (χ4v) is 3.64. The lowest BCUT2D eigenvalue weighted by molar-refractivity contribution is 0.482. The minimum absolute atomic E-state index is 0.0912. The Labute approximate surface area is 81.7 Å². The van der Waals surface area contributed by atoms with Crippen molar-refractivity contribution >= 4 is 9.84 Å². The van der Waals surface area contributed by atoms with Gasteiger partial charge in [0, 0.05) is 18.9 Å². The molecule has 0 amide bonds. The summed E-state index contributed by atoms with van der Waals surface area (Å²) in [4.78, 5) is 13.6. The predicted molar refractivity (Wildman–Crippen MR) is 51.8 cm³/mol. The fraction of sp³-hybridized carbons (Fsp3) is 0.625. The SMILES string of the molecule is O=c1[nH]ccn1CC1CCS(=O)(=O)C1. The van der Waals surface area contributed by atoms with Gasteiger partial charge in [0.1, 0.15) is 0 Å². The van der Waals surface area contributed by atoms with Crippen LogP contribution in [0.1, 0.15) is 6.42 Å². The van der Waals surface area contributed by atoms with E-state index in [9.17, 15) is 13.2 Å². The van der Waals surface area contributed by atoms with Gasteiger partial charge in [0.25, 0.3) is 0 Å². The molecule has 1 aliphatic heterocycles. The monoisotopic (exact) mass is 216 g/mol. The first-order valence-electron chi connectivity index (χ1n) is 4.51. The lowest BCUT2D eigenvalue weighted by Crippen LogP contribution is -2.21. The van der Waals surface area contributed by atoms with Crippen LogP contribution in [0.5, 0.6) is 0 Å². The molecule has 14 heavy (non-hydrogen) atoms. The van der Waals surface area contributed by atoms with E-state index in [0.29, 0.717) is 13.0 Å². The molecule has 1 saturated heterocycles. The summed E-state index contributed by atoms with van der Waals surface area (Å²) in [5.41, 5.74) is -0.172. The summed E-state index contributed by atoms with van der Waals surface area (Å²) in [5.74, 6) is 0.565. The number of nitrogens with zero attached hydrogens (tertiary/aromatic N) is 1. The Morgan fingerprint density at radius 2 is 2.36 bits per heavy atom. The second-order valence-electron chi connectivity index (χ2n) is 3.69. The van der Waals surface area contributed by atoms with Gasteiger partial charge in [0.05, 0.1) is 11.5 Å². The lowest BCUT2D eigenvalue weighted by Gasteiger charge is -2.06. The Kier molecular flexibility index (Phi) is 2.22. The van der Waals surface area contributed by atoms with Crippen molar-refractivity contribution in [2.45, 2.75) is 13.0 Å². The van der Waals surface area contributed by atoms with Gasteiger partial charge in [0.2, 0.25) is 0 Å².